The normalized spacial score (nSPS) is 16.4. The molecule has 162 valence electrons. The smallest absolute Gasteiger partial charge is 0.241 e. The molecule has 1 fully saturated rings. The van der Waals surface area contributed by atoms with Crippen LogP contribution in [0.15, 0.2) is 54.6 Å². The van der Waals surface area contributed by atoms with Gasteiger partial charge in [0.15, 0.2) is 0 Å². The van der Waals surface area contributed by atoms with Crippen molar-refractivity contribution < 1.29 is 9.53 Å². The van der Waals surface area contributed by atoms with E-state index in [1.54, 1.807) is 0 Å². The van der Waals surface area contributed by atoms with Crippen molar-refractivity contribution in [2.45, 2.75) is 39.3 Å². The van der Waals surface area contributed by atoms with Crippen molar-refractivity contribution in [1.29, 1.82) is 0 Å². The van der Waals surface area contributed by atoms with Gasteiger partial charge in [-0.25, -0.2) is 0 Å². The number of hydrogen-bond acceptors (Lipinski definition) is 4. The highest BCUT2D eigenvalue weighted by atomic mass is 16.5. The number of anilines is 1. The molecule has 1 unspecified atom stereocenters. The Kier molecular flexibility index (Phi) is 8.29. The molecular weight excluding hydrogens is 374 g/mol. The van der Waals surface area contributed by atoms with Gasteiger partial charge in [0.25, 0.3) is 0 Å². The van der Waals surface area contributed by atoms with Gasteiger partial charge in [-0.1, -0.05) is 42.5 Å². The maximum absolute atomic E-state index is 12.8. The Balaban J connectivity index is 1.45. The van der Waals surface area contributed by atoms with Crippen molar-refractivity contribution in [2.24, 2.45) is 5.92 Å². The molecule has 1 atom stereocenters. The van der Waals surface area contributed by atoms with E-state index >= 15 is 0 Å². The Bertz CT molecular complexity index is 788. The molecule has 0 spiro atoms. The molecule has 5 nitrogen and oxygen atoms in total. The molecule has 30 heavy (non-hydrogen) atoms. The quantitative estimate of drug-likeness (QED) is 0.672. The molecule has 0 saturated carbocycles. The van der Waals surface area contributed by atoms with Crippen molar-refractivity contribution in [3.8, 4) is 5.75 Å². The number of carbonyl (C=O) groups is 1. The van der Waals surface area contributed by atoms with E-state index < -0.39 is 0 Å². The van der Waals surface area contributed by atoms with Crippen molar-refractivity contribution in [3.05, 3.63) is 60.2 Å². The second kappa shape index (κ2) is 11.1. The summed E-state index contributed by atoms with van der Waals surface area (Å²) in [6, 6.07) is 18.1. The largest absolute Gasteiger partial charge is 0.492 e. The molecule has 1 N–H and O–H groups in total. The third kappa shape index (κ3) is 6.31. The highest BCUT2D eigenvalue weighted by Gasteiger charge is 2.27. The van der Waals surface area contributed by atoms with Gasteiger partial charge in [0, 0.05) is 13.1 Å². The molecule has 0 bridgehead atoms. The molecular formula is C25H35N3O2. The first-order chi connectivity index (χ1) is 14.6. The maximum atomic E-state index is 12.8. The molecule has 3 rings (SSSR count). The lowest BCUT2D eigenvalue weighted by atomic mass is 9.95. The number of likely N-dealkylation sites (tertiary alicyclic amines) is 1. The number of hydrogen-bond donors (Lipinski definition) is 1. The number of para-hydroxylation sites is 2. The second-order valence-electron chi connectivity index (χ2n) is 8.26. The van der Waals surface area contributed by atoms with E-state index in [0.717, 1.165) is 50.5 Å². The van der Waals surface area contributed by atoms with E-state index in [0.29, 0.717) is 12.5 Å². The summed E-state index contributed by atoms with van der Waals surface area (Å²) < 4.78 is 5.62. The highest BCUT2D eigenvalue weighted by molar-refractivity contribution is 5.95. The molecule has 0 aromatic heterocycles. The fourth-order valence-electron chi connectivity index (χ4n) is 4.18. The topological polar surface area (TPSA) is 44.8 Å². The molecule has 0 radical (unpaired) electrons. The molecule has 0 aliphatic carbocycles. The molecule has 1 heterocycles. The zero-order valence-electron chi connectivity index (χ0n) is 18.5. The third-order valence-electron chi connectivity index (χ3n) is 5.89. The van der Waals surface area contributed by atoms with Crippen LogP contribution in [0.25, 0.3) is 0 Å². The summed E-state index contributed by atoms with van der Waals surface area (Å²) in [4.78, 5) is 17.5. The Hall–Kier alpha value is -2.37. The van der Waals surface area contributed by atoms with Gasteiger partial charge >= 0.3 is 0 Å². The Morgan fingerprint density at radius 3 is 2.50 bits per heavy atom. The summed E-state index contributed by atoms with van der Waals surface area (Å²) >= 11 is 0. The lowest BCUT2D eigenvalue weighted by Crippen LogP contribution is -2.47. The second-order valence-corrected chi connectivity index (χ2v) is 8.26. The van der Waals surface area contributed by atoms with Crippen molar-refractivity contribution in [2.75, 3.05) is 38.6 Å². The average Bonchev–Trinajstić information content (AvgIpc) is 2.76. The SMILES string of the molecule is CCOc1ccccc1NC(=O)C(C)N1CCC(CN(C)Cc2ccccc2)CC1. The van der Waals surface area contributed by atoms with Crippen LogP contribution in [0.2, 0.25) is 0 Å². The van der Waals surface area contributed by atoms with Crippen LogP contribution in [-0.4, -0.2) is 55.0 Å². The molecule has 5 heteroatoms. The number of carbonyl (C=O) groups excluding carboxylic acids is 1. The van der Waals surface area contributed by atoms with Crippen LogP contribution in [0.5, 0.6) is 5.75 Å². The number of amides is 1. The van der Waals surface area contributed by atoms with Crippen LogP contribution < -0.4 is 10.1 Å². The number of rotatable bonds is 9. The van der Waals surface area contributed by atoms with E-state index in [9.17, 15) is 4.79 Å². The highest BCUT2D eigenvalue weighted by Crippen LogP contribution is 2.25. The van der Waals surface area contributed by atoms with Crippen LogP contribution in [0.1, 0.15) is 32.3 Å². The van der Waals surface area contributed by atoms with E-state index in [-0.39, 0.29) is 11.9 Å². The standard InChI is InChI=1S/C25H35N3O2/c1-4-30-24-13-9-8-12-23(24)26-25(29)20(2)28-16-14-22(15-17-28)19-27(3)18-21-10-6-5-7-11-21/h5-13,20,22H,4,14-19H2,1-3H3,(H,26,29). The van der Waals surface area contributed by atoms with E-state index in [4.69, 9.17) is 4.74 Å². The third-order valence-corrected chi connectivity index (χ3v) is 5.89. The molecule has 1 aliphatic heterocycles. The van der Waals surface area contributed by atoms with Crippen LogP contribution in [0.3, 0.4) is 0 Å². The number of ether oxygens (including phenoxy) is 1. The van der Waals surface area contributed by atoms with Crippen LogP contribution in [-0.2, 0) is 11.3 Å². The Morgan fingerprint density at radius 1 is 1.13 bits per heavy atom. The van der Waals surface area contributed by atoms with Crippen LogP contribution in [0.4, 0.5) is 5.69 Å². The molecule has 2 aromatic carbocycles. The first kappa shape index (κ1) is 22.3. The van der Waals surface area contributed by atoms with Crippen molar-refractivity contribution in [3.63, 3.8) is 0 Å². The number of benzene rings is 2. The minimum absolute atomic E-state index is 0.0294. The van der Waals surface area contributed by atoms with E-state index in [2.05, 4.69) is 52.5 Å². The fourth-order valence-corrected chi connectivity index (χ4v) is 4.18. The summed E-state index contributed by atoms with van der Waals surface area (Å²) in [6.07, 6.45) is 2.26. The van der Waals surface area contributed by atoms with Gasteiger partial charge in [0.1, 0.15) is 5.75 Å². The van der Waals surface area contributed by atoms with Gasteiger partial charge < -0.3 is 15.0 Å². The predicted octanol–water partition coefficient (Wildman–Crippen LogP) is 4.26. The number of nitrogens with zero attached hydrogens (tertiary/aromatic N) is 2. The zero-order valence-corrected chi connectivity index (χ0v) is 18.5. The minimum atomic E-state index is -0.150. The average molecular weight is 410 g/mol. The monoisotopic (exact) mass is 409 g/mol. The predicted molar refractivity (Wildman–Crippen MR) is 123 cm³/mol. The molecule has 2 aromatic rings. The summed E-state index contributed by atoms with van der Waals surface area (Å²) in [5.74, 6) is 1.44. The summed E-state index contributed by atoms with van der Waals surface area (Å²) in [5.41, 5.74) is 2.10. The first-order valence-electron chi connectivity index (χ1n) is 11.1. The lowest BCUT2D eigenvalue weighted by molar-refractivity contribution is -0.121. The number of nitrogens with one attached hydrogen (secondary N) is 1. The van der Waals surface area contributed by atoms with Crippen LogP contribution in [0, 0.1) is 5.92 Å². The van der Waals surface area contributed by atoms with Gasteiger partial charge in [-0.2, -0.15) is 0 Å². The summed E-state index contributed by atoms with van der Waals surface area (Å²) in [6.45, 7) is 8.54. The lowest BCUT2D eigenvalue weighted by Gasteiger charge is -2.36. The van der Waals surface area contributed by atoms with Crippen molar-refractivity contribution in [1.82, 2.24) is 9.80 Å². The molecule has 1 saturated heterocycles. The molecule has 1 amide bonds. The van der Waals surface area contributed by atoms with E-state index in [1.165, 1.54) is 5.56 Å². The molecule has 1 aliphatic rings. The summed E-state index contributed by atoms with van der Waals surface area (Å²) in [5, 5.41) is 3.05. The van der Waals surface area contributed by atoms with Gasteiger partial charge in [-0.15, -0.1) is 0 Å². The fraction of sp³-hybridized carbons (Fsp3) is 0.480. The van der Waals surface area contributed by atoms with Gasteiger partial charge in [-0.3, -0.25) is 9.69 Å². The Morgan fingerprint density at radius 2 is 1.80 bits per heavy atom. The van der Waals surface area contributed by atoms with Gasteiger partial charge in [0.05, 0.1) is 18.3 Å². The van der Waals surface area contributed by atoms with Crippen LogP contribution >= 0.6 is 0 Å². The van der Waals surface area contributed by atoms with E-state index in [1.807, 2.05) is 38.1 Å². The zero-order chi connectivity index (χ0) is 21.3. The Labute approximate surface area is 181 Å². The first-order valence-corrected chi connectivity index (χ1v) is 11.1. The number of piperidine rings is 1. The van der Waals surface area contributed by atoms with Crippen molar-refractivity contribution >= 4 is 11.6 Å². The van der Waals surface area contributed by atoms with Gasteiger partial charge in [-0.05, 0) is 70.4 Å². The van der Waals surface area contributed by atoms with Gasteiger partial charge in [0.2, 0.25) is 5.91 Å². The maximum Gasteiger partial charge on any atom is 0.241 e. The summed E-state index contributed by atoms with van der Waals surface area (Å²) in [7, 11) is 2.20. The minimum Gasteiger partial charge on any atom is -0.492 e.